The van der Waals surface area contributed by atoms with Gasteiger partial charge in [0.2, 0.25) is 10.0 Å². The van der Waals surface area contributed by atoms with Gasteiger partial charge in [0.25, 0.3) is 0 Å². The van der Waals surface area contributed by atoms with Crippen molar-refractivity contribution in [3.05, 3.63) is 24.3 Å². The van der Waals surface area contributed by atoms with E-state index in [1.165, 1.54) is 19.2 Å². The van der Waals surface area contributed by atoms with Gasteiger partial charge < -0.3 is 14.2 Å². The molecule has 1 aromatic rings. The second-order valence-electron chi connectivity index (χ2n) is 4.39. The molecule has 1 aromatic carbocycles. The fourth-order valence-electron chi connectivity index (χ4n) is 1.85. The predicted molar refractivity (Wildman–Crippen MR) is 73.1 cm³/mol. The Labute approximate surface area is 119 Å². The van der Waals surface area contributed by atoms with E-state index in [1.807, 2.05) is 0 Å². The number of hydrogen-bond acceptors (Lipinski definition) is 5. The average Bonchev–Trinajstić information content (AvgIpc) is 2.48. The summed E-state index contributed by atoms with van der Waals surface area (Å²) in [5, 5.41) is 0. The minimum absolute atomic E-state index is 0.212. The van der Waals surface area contributed by atoms with Crippen LogP contribution in [0.5, 0.6) is 5.75 Å². The van der Waals surface area contributed by atoms with Crippen LogP contribution in [0.1, 0.15) is 12.8 Å². The van der Waals surface area contributed by atoms with Crippen molar-refractivity contribution in [2.45, 2.75) is 24.0 Å². The molecule has 0 bridgehead atoms. The molecule has 0 unspecified atom stereocenters. The molecule has 112 valence electrons. The van der Waals surface area contributed by atoms with Crippen molar-refractivity contribution in [2.75, 3.05) is 26.9 Å². The molecule has 0 aromatic heterocycles. The molecular formula is C13H19NO5S. The molecule has 1 aliphatic rings. The van der Waals surface area contributed by atoms with Gasteiger partial charge in [-0.25, -0.2) is 13.1 Å². The summed E-state index contributed by atoms with van der Waals surface area (Å²) in [6.07, 6.45) is 1.06. The number of sulfonamides is 1. The molecule has 0 amide bonds. The molecule has 1 saturated heterocycles. The van der Waals surface area contributed by atoms with E-state index in [4.69, 9.17) is 14.2 Å². The van der Waals surface area contributed by atoms with Gasteiger partial charge >= 0.3 is 0 Å². The molecule has 0 spiro atoms. The lowest BCUT2D eigenvalue weighted by molar-refractivity contribution is -0.180. The third-order valence-corrected chi connectivity index (χ3v) is 4.41. The zero-order valence-electron chi connectivity index (χ0n) is 11.4. The van der Waals surface area contributed by atoms with Gasteiger partial charge in [-0.2, -0.15) is 0 Å². The van der Waals surface area contributed by atoms with Crippen LogP contribution in [0.3, 0.4) is 0 Å². The summed E-state index contributed by atoms with van der Waals surface area (Å²) >= 11 is 0. The van der Waals surface area contributed by atoms with Gasteiger partial charge in [0.1, 0.15) is 5.75 Å². The molecule has 6 nitrogen and oxygen atoms in total. The van der Waals surface area contributed by atoms with E-state index in [9.17, 15) is 8.42 Å². The van der Waals surface area contributed by atoms with Crippen molar-refractivity contribution < 1.29 is 22.6 Å². The predicted octanol–water partition coefficient (Wildman–Crippen LogP) is 1.13. The van der Waals surface area contributed by atoms with Crippen LogP contribution in [0.2, 0.25) is 0 Å². The lowest BCUT2D eigenvalue weighted by Crippen LogP contribution is -2.31. The van der Waals surface area contributed by atoms with Gasteiger partial charge in [-0.3, -0.25) is 0 Å². The minimum atomic E-state index is -3.50. The molecule has 1 heterocycles. The van der Waals surface area contributed by atoms with Crippen LogP contribution < -0.4 is 9.46 Å². The fraction of sp³-hybridized carbons (Fsp3) is 0.538. The highest BCUT2D eigenvalue weighted by Gasteiger charge is 2.17. The largest absolute Gasteiger partial charge is 0.497 e. The third kappa shape index (κ3) is 4.17. The summed E-state index contributed by atoms with van der Waals surface area (Å²) in [4.78, 5) is 0.212. The van der Waals surface area contributed by atoms with E-state index in [2.05, 4.69) is 4.72 Å². The van der Waals surface area contributed by atoms with Crippen LogP contribution in [0.25, 0.3) is 0 Å². The number of methoxy groups -OCH3 is 1. The van der Waals surface area contributed by atoms with E-state index < -0.39 is 10.0 Å². The Bertz CT molecular complexity index is 508. The van der Waals surface area contributed by atoms with Crippen molar-refractivity contribution in [2.24, 2.45) is 0 Å². The number of rotatable bonds is 6. The summed E-state index contributed by atoms with van der Waals surface area (Å²) in [6.45, 7) is 1.60. The first-order chi connectivity index (χ1) is 9.62. The topological polar surface area (TPSA) is 73.9 Å². The maximum atomic E-state index is 12.0. The van der Waals surface area contributed by atoms with Crippen molar-refractivity contribution in [3.63, 3.8) is 0 Å². The van der Waals surface area contributed by atoms with Crippen LogP contribution in [-0.2, 0) is 19.5 Å². The Morgan fingerprint density at radius 1 is 1.25 bits per heavy atom. The number of benzene rings is 1. The summed E-state index contributed by atoms with van der Waals surface area (Å²) in [5.74, 6) is 0.618. The van der Waals surface area contributed by atoms with Gasteiger partial charge in [-0.05, 0) is 30.7 Å². The third-order valence-electron chi connectivity index (χ3n) is 2.94. The summed E-state index contributed by atoms with van der Waals surface area (Å²) in [6, 6.07) is 6.24. The molecule has 2 rings (SSSR count). The highest BCUT2D eigenvalue weighted by Crippen LogP contribution is 2.15. The Balaban J connectivity index is 1.86. The fourth-order valence-corrected chi connectivity index (χ4v) is 2.90. The van der Waals surface area contributed by atoms with Gasteiger partial charge in [-0.15, -0.1) is 0 Å². The summed E-state index contributed by atoms with van der Waals surface area (Å²) < 4.78 is 42.3. The maximum absolute atomic E-state index is 12.0. The Hall–Kier alpha value is -1.15. The highest BCUT2D eigenvalue weighted by atomic mass is 32.2. The van der Waals surface area contributed by atoms with Crippen LogP contribution in [-0.4, -0.2) is 41.6 Å². The van der Waals surface area contributed by atoms with E-state index in [0.29, 0.717) is 25.4 Å². The molecule has 0 atom stereocenters. The monoisotopic (exact) mass is 301 g/mol. The highest BCUT2D eigenvalue weighted by molar-refractivity contribution is 7.89. The van der Waals surface area contributed by atoms with E-state index in [0.717, 1.165) is 6.42 Å². The molecule has 7 heteroatoms. The second-order valence-corrected chi connectivity index (χ2v) is 6.15. The number of ether oxygens (including phenoxy) is 3. The van der Waals surface area contributed by atoms with E-state index in [-0.39, 0.29) is 17.7 Å². The molecule has 1 fully saturated rings. The van der Waals surface area contributed by atoms with E-state index in [1.54, 1.807) is 12.1 Å². The van der Waals surface area contributed by atoms with Crippen molar-refractivity contribution in [3.8, 4) is 5.75 Å². The Kier molecular flexibility index (Phi) is 5.36. The zero-order valence-corrected chi connectivity index (χ0v) is 12.2. The maximum Gasteiger partial charge on any atom is 0.240 e. The SMILES string of the molecule is COc1ccc(S(=O)(=O)NCCC2OCCCO2)cc1. The lowest BCUT2D eigenvalue weighted by atomic mass is 10.3. The summed E-state index contributed by atoms with van der Waals surface area (Å²) in [5.41, 5.74) is 0. The molecule has 1 N–H and O–H groups in total. The minimum Gasteiger partial charge on any atom is -0.497 e. The van der Waals surface area contributed by atoms with Gasteiger partial charge in [0, 0.05) is 13.0 Å². The Morgan fingerprint density at radius 3 is 2.50 bits per heavy atom. The molecule has 1 aliphatic heterocycles. The first-order valence-corrected chi connectivity index (χ1v) is 7.97. The second kappa shape index (κ2) is 7.03. The van der Waals surface area contributed by atoms with Crippen LogP contribution in [0.4, 0.5) is 0 Å². The van der Waals surface area contributed by atoms with Crippen LogP contribution in [0, 0.1) is 0 Å². The van der Waals surface area contributed by atoms with Crippen molar-refractivity contribution in [1.29, 1.82) is 0 Å². The zero-order chi connectivity index (χ0) is 14.4. The van der Waals surface area contributed by atoms with Crippen LogP contribution in [0.15, 0.2) is 29.2 Å². The normalized spacial score (nSPS) is 17.1. The first-order valence-electron chi connectivity index (χ1n) is 6.49. The van der Waals surface area contributed by atoms with Gasteiger partial charge in [-0.1, -0.05) is 0 Å². The average molecular weight is 301 g/mol. The van der Waals surface area contributed by atoms with Crippen molar-refractivity contribution in [1.82, 2.24) is 4.72 Å². The summed E-state index contributed by atoms with van der Waals surface area (Å²) in [7, 11) is -1.97. The quantitative estimate of drug-likeness (QED) is 0.852. The van der Waals surface area contributed by atoms with E-state index >= 15 is 0 Å². The van der Waals surface area contributed by atoms with Crippen molar-refractivity contribution >= 4 is 10.0 Å². The molecular weight excluding hydrogens is 282 g/mol. The lowest BCUT2D eigenvalue weighted by Gasteiger charge is -2.23. The smallest absolute Gasteiger partial charge is 0.240 e. The standard InChI is InChI=1S/C13H19NO5S/c1-17-11-3-5-12(6-4-11)20(15,16)14-8-7-13-18-9-2-10-19-13/h3-6,13-14H,2,7-10H2,1H3. The molecule has 0 saturated carbocycles. The molecule has 0 aliphatic carbocycles. The Morgan fingerprint density at radius 2 is 1.90 bits per heavy atom. The van der Waals surface area contributed by atoms with Gasteiger partial charge in [0.05, 0.1) is 25.2 Å². The van der Waals surface area contributed by atoms with Gasteiger partial charge in [0.15, 0.2) is 6.29 Å². The molecule has 20 heavy (non-hydrogen) atoms. The number of hydrogen-bond donors (Lipinski definition) is 1. The van der Waals surface area contributed by atoms with Crippen LogP contribution >= 0.6 is 0 Å². The first kappa shape index (κ1) is 15.2. The number of nitrogens with one attached hydrogen (secondary N) is 1. The molecule has 0 radical (unpaired) electrons.